The van der Waals surface area contributed by atoms with Gasteiger partial charge in [-0.05, 0) is 43.3 Å². The monoisotopic (exact) mass is 456 g/mol. The van der Waals surface area contributed by atoms with Crippen molar-refractivity contribution in [2.45, 2.75) is 23.0 Å². The number of nitrogens with one attached hydrogen (secondary N) is 1. The van der Waals surface area contributed by atoms with E-state index in [0.29, 0.717) is 19.8 Å². The fraction of sp³-hybridized carbons (Fsp3) is 0.389. The molecular weight excluding hydrogens is 436 g/mol. The van der Waals surface area contributed by atoms with Crippen molar-refractivity contribution >= 4 is 31.7 Å². The molecule has 0 radical (unpaired) electrons. The summed E-state index contributed by atoms with van der Waals surface area (Å²) in [6.07, 6.45) is 0. The van der Waals surface area contributed by atoms with E-state index in [9.17, 15) is 13.2 Å². The Kier molecular flexibility index (Phi) is 6.36. The summed E-state index contributed by atoms with van der Waals surface area (Å²) in [4.78, 5) is 14.6. The van der Waals surface area contributed by atoms with Crippen LogP contribution in [0.25, 0.3) is 0 Å². The lowest BCUT2D eigenvalue weighted by Gasteiger charge is -2.32. The normalized spacial score (nSPS) is 16.8. The maximum Gasteiger partial charge on any atom is 0.287 e. The van der Waals surface area contributed by atoms with Gasteiger partial charge in [-0.25, -0.2) is 8.42 Å². The maximum absolute atomic E-state index is 12.6. The van der Waals surface area contributed by atoms with Gasteiger partial charge in [-0.3, -0.25) is 9.69 Å². The van der Waals surface area contributed by atoms with Crippen LogP contribution in [0.1, 0.15) is 17.5 Å². The third kappa shape index (κ3) is 4.78. The van der Waals surface area contributed by atoms with Crippen LogP contribution >= 0.6 is 15.9 Å². The summed E-state index contributed by atoms with van der Waals surface area (Å²) in [7, 11) is -3.81. The van der Waals surface area contributed by atoms with Gasteiger partial charge < -0.3 is 14.5 Å². The third-order valence-corrected chi connectivity index (χ3v) is 6.59. The summed E-state index contributed by atoms with van der Waals surface area (Å²) in [6, 6.07) is 9.06. The van der Waals surface area contributed by atoms with E-state index >= 15 is 0 Å². The second-order valence-corrected chi connectivity index (χ2v) is 9.08. The van der Waals surface area contributed by atoms with Gasteiger partial charge in [-0.1, -0.05) is 15.9 Å². The van der Waals surface area contributed by atoms with E-state index in [1.807, 2.05) is 6.92 Å². The molecule has 0 spiro atoms. The number of sulfone groups is 1. The average molecular weight is 457 g/mol. The van der Waals surface area contributed by atoms with Crippen LogP contribution in [0.2, 0.25) is 0 Å². The van der Waals surface area contributed by atoms with Crippen LogP contribution in [0.3, 0.4) is 0 Å². The van der Waals surface area contributed by atoms with Crippen LogP contribution in [0.4, 0.5) is 0 Å². The molecule has 9 heteroatoms. The Morgan fingerprint density at radius 2 is 1.85 bits per heavy atom. The van der Waals surface area contributed by atoms with Crippen LogP contribution < -0.4 is 5.32 Å². The number of furan rings is 1. The lowest BCUT2D eigenvalue weighted by atomic mass is 10.2. The zero-order chi connectivity index (χ0) is 19.4. The molecule has 2 aromatic rings. The Labute approximate surface area is 166 Å². The summed E-state index contributed by atoms with van der Waals surface area (Å²) in [5.74, 6) is -0.466. The molecule has 0 bridgehead atoms. The molecule has 146 valence electrons. The Bertz CT molecular complexity index is 889. The van der Waals surface area contributed by atoms with Gasteiger partial charge in [-0.2, -0.15) is 0 Å². The van der Waals surface area contributed by atoms with Crippen molar-refractivity contribution < 1.29 is 22.4 Å². The van der Waals surface area contributed by atoms with Crippen molar-refractivity contribution in [3.8, 4) is 0 Å². The maximum atomic E-state index is 12.6. The Hall–Kier alpha value is -1.68. The first-order valence-corrected chi connectivity index (χ1v) is 10.9. The van der Waals surface area contributed by atoms with E-state index in [1.54, 1.807) is 12.1 Å². The van der Waals surface area contributed by atoms with Crippen molar-refractivity contribution in [3.63, 3.8) is 0 Å². The highest BCUT2D eigenvalue weighted by atomic mass is 79.9. The van der Waals surface area contributed by atoms with Crippen molar-refractivity contribution in [2.24, 2.45) is 0 Å². The smallest absolute Gasteiger partial charge is 0.287 e. The minimum atomic E-state index is -3.81. The number of carbonyl (C=O) groups is 1. The Balaban J connectivity index is 1.64. The SMILES string of the molecule is CC(CNC(=O)c1ccc(S(=O)(=O)c2ccc(Br)cc2)o1)N1CCOCC1. The number of ether oxygens (including phenoxy) is 1. The van der Waals surface area contributed by atoms with E-state index in [-0.39, 0.29) is 21.8 Å². The zero-order valence-corrected chi connectivity index (χ0v) is 17.3. The first-order chi connectivity index (χ1) is 12.9. The van der Waals surface area contributed by atoms with Gasteiger partial charge in [0.1, 0.15) is 0 Å². The lowest BCUT2D eigenvalue weighted by Crippen LogP contribution is -2.47. The van der Waals surface area contributed by atoms with Crippen LogP contribution in [0.5, 0.6) is 0 Å². The number of amides is 1. The number of morpholine rings is 1. The number of benzene rings is 1. The molecule has 1 unspecified atom stereocenters. The molecule has 1 saturated heterocycles. The molecule has 3 rings (SSSR count). The van der Waals surface area contributed by atoms with Crippen LogP contribution in [0.15, 0.2) is 55.3 Å². The molecule has 0 aliphatic carbocycles. The molecule has 27 heavy (non-hydrogen) atoms. The molecule has 7 nitrogen and oxygen atoms in total. The number of halogens is 1. The fourth-order valence-corrected chi connectivity index (χ4v) is 4.23. The van der Waals surface area contributed by atoms with E-state index < -0.39 is 15.7 Å². The van der Waals surface area contributed by atoms with Crippen molar-refractivity contribution in [2.75, 3.05) is 32.8 Å². The first-order valence-electron chi connectivity index (χ1n) is 8.58. The minimum Gasteiger partial charge on any atom is -0.439 e. The van der Waals surface area contributed by atoms with Gasteiger partial charge in [0.2, 0.25) is 14.9 Å². The van der Waals surface area contributed by atoms with Crippen LogP contribution in [0, 0.1) is 0 Å². The minimum absolute atomic E-state index is 0.0279. The Morgan fingerprint density at radius 1 is 1.19 bits per heavy atom. The summed E-state index contributed by atoms with van der Waals surface area (Å²) in [5, 5.41) is 2.54. The third-order valence-electron chi connectivity index (χ3n) is 4.42. The van der Waals surface area contributed by atoms with E-state index in [4.69, 9.17) is 9.15 Å². The summed E-state index contributed by atoms with van der Waals surface area (Å²) in [5.41, 5.74) is 0. The molecule has 1 aliphatic heterocycles. The van der Waals surface area contributed by atoms with Crippen LogP contribution in [-0.2, 0) is 14.6 Å². The quantitative estimate of drug-likeness (QED) is 0.717. The number of hydrogen-bond donors (Lipinski definition) is 1. The molecule has 1 N–H and O–H groups in total. The summed E-state index contributed by atoms with van der Waals surface area (Å²) >= 11 is 3.27. The molecule has 1 aromatic heterocycles. The summed E-state index contributed by atoms with van der Waals surface area (Å²) in [6.45, 7) is 5.49. The highest BCUT2D eigenvalue weighted by Gasteiger charge is 2.24. The highest BCUT2D eigenvalue weighted by molar-refractivity contribution is 9.10. The zero-order valence-electron chi connectivity index (χ0n) is 14.9. The molecule has 2 heterocycles. The molecule has 1 aromatic carbocycles. The van der Waals surface area contributed by atoms with E-state index in [0.717, 1.165) is 17.6 Å². The van der Waals surface area contributed by atoms with Gasteiger partial charge in [0, 0.05) is 30.1 Å². The van der Waals surface area contributed by atoms with Gasteiger partial charge >= 0.3 is 0 Å². The molecule has 0 saturated carbocycles. The molecule has 1 amide bonds. The molecule has 1 atom stereocenters. The van der Waals surface area contributed by atoms with E-state index in [1.165, 1.54) is 24.3 Å². The second-order valence-electron chi connectivity index (χ2n) is 6.28. The topological polar surface area (TPSA) is 88.8 Å². The lowest BCUT2D eigenvalue weighted by molar-refractivity contribution is 0.0203. The number of rotatable bonds is 6. The Morgan fingerprint density at radius 3 is 2.52 bits per heavy atom. The van der Waals surface area contributed by atoms with Gasteiger partial charge in [-0.15, -0.1) is 0 Å². The predicted molar refractivity (Wildman–Crippen MR) is 102 cm³/mol. The standard InChI is InChI=1S/C18H21BrN2O5S/c1-13(21-8-10-25-11-9-21)12-20-18(22)16-6-7-17(26-16)27(23,24)15-4-2-14(19)3-5-15/h2-7,13H,8-12H2,1H3,(H,20,22). The number of hydrogen-bond acceptors (Lipinski definition) is 6. The van der Waals surface area contributed by atoms with Gasteiger partial charge in [0.15, 0.2) is 5.76 Å². The number of carbonyl (C=O) groups excluding carboxylic acids is 1. The molecule has 1 fully saturated rings. The average Bonchev–Trinajstić information content (AvgIpc) is 3.18. The van der Waals surface area contributed by atoms with Crippen molar-refractivity contribution in [1.82, 2.24) is 10.2 Å². The number of nitrogens with zero attached hydrogens (tertiary/aromatic N) is 1. The first kappa shape index (κ1) is 20.1. The predicted octanol–water partition coefficient (Wildman–Crippen LogP) is 2.33. The van der Waals surface area contributed by atoms with Crippen molar-refractivity contribution in [1.29, 1.82) is 0 Å². The summed E-state index contributed by atoms with van der Waals surface area (Å²) < 4.78 is 36.6. The second kappa shape index (κ2) is 8.55. The van der Waals surface area contributed by atoms with E-state index in [2.05, 4.69) is 26.1 Å². The molecular formula is C18H21BrN2O5S. The van der Waals surface area contributed by atoms with Crippen molar-refractivity contribution in [3.05, 3.63) is 46.6 Å². The van der Waals surface area contributed by atoms with Gasteiger partial charge in [0.05, 0.1) is 18.1 Å². The van der Waals surface area contributed by atoms with Gasteiger partial charge in [0.25, 0.3) is 5.91 Å². The van der Waals surface area contributed by atoms with Crippen LogP contribution in [-0.4, -0.2) is 58.1 Å². The fourth-order valence-electron chi connectivity index (χ4n) is 2.79. The largest absolute Gasteiger partial charge is 0.439 e. The highest BCUT2D eigenvalue weighted by Crippen LogP contribution is 2.24. The molecule has 1 aliphatic rings.